The normalized spacial score (nSPS) is 24.3. The topological polar surface area (TPSA) is 78.5 Å². The van der Waals surface area contributed by atoms with Gasteiger partial charge in [-0.15, -0.1) is 0 Å². The molecule has 2 saturated heterocycles. The molecule has 2 aromatic carbocycles. The van der Waals surface area contributed by atoms with Crippen LogP contribution in [-0.2, 0) is 27.2 Å². The van der Waals surface area contributed by atoms with Crippen LogP contribution in [0.1, 0.15) is 36.8 Å². The van der Waals surface area contributed by atoms with E-state index < -0.39 is 11.8 Å². The summed E-state index contributed by atoms with van der Waals surface area (Å²) in [5, 5.41) is 5.50. The smallest absolute Gasteiger partial charge is 0.313 e. The molecular formula is C24H25N3O3. The van der Waals surface area contributed by atoms with E-state index in [1.807, 2.05) is 11.0 Å². The summed E-state index contributed by atoms with van der Waals surface area (Å²) < 4.78 is 0. The third-order valence-corrected chi connectivity index (χ3v) is 6.61. The molecule has 0 saturated carbocycles. The Bertz CT molecular complexity index is 990. The largest absolute Gasteiger partial charge is 0.328 e. The summed E-state index contributed by atoms with van der Waals surface area (Å²) >= 11 is 0. The summed E-state index contributed by atoms with van der Waals surface area (Å²) in [4.78, 5) is 39.0. The molecule has 0 aromatic heterocycles. The van der Waals surface area contributed by atoms with Crippen LogP contribution in [-0.4, -0.2) is 34.7 Å². The fourth-order valence-electron chi connectivity index (χ4n) is 5.34. The second-order valence-corrected chi connectivity index (χ2v) is 8.68. The van der Waals surface area contributed by atoms with E-state index in [9.17, 15) is 14.4 Å². The number of carbonyl (C=O) groups is 3. The number of hydrogen-bond acceptors (Lipinski definition) is 3. The second-order valence-electron chi connectivity index (χ2n) is 8.68. The highest BCUT2D eigenvalue weighted by molar-refractivity contribution is 6.39. The van der Waals surface area contributed by atoms with Crippen LogP contribution in [0.3, 0.4) is 0 Å². The summed E-state index contributed by atoms with van der Waals surface area (Å²) in [7, 11) is 0. The Kier molecular flexibility index (Phi) is 4.77. The molecule has 2 aromatic rings. The Morgan fingerprint density at radius 1 is 1.03 bits per heavy atom. The molecule has 3 aliphatic rings. The number of nitrogens with one attached hydrogen (secondary N) is 2. The van der Waals surface area contributed by atoms with Crippen molar-refractivity contribution in [1.29, 1.82) is 0 Å². The van der Waals surface area contributed by atoms with Crippen LogP contribution < -0.4 is 10.6 Å². The maximum atomic E-state index is 13.0. The van der Waals surface area contributed by atoms with Crippen molar-refractivity contribution < 1.29 is 14.4 Å². The zero-order chi connectivity index (χ0) is 20.7. The first kappa shape index (κ1) is 18.9. The first-order valence-corrected chi connectivity index (χ1v) is 10.7. The number of carbonyl (C=O) groups excluding carboxylic acids is 3. The third kappa shape index (κ3) is 3.58. The summed E-state index contributed by atoms with van der Waals surface area (Å²) in [5.41, 5.74) is 3.49. The molecule has 30 heavy (non-hydrogen) atoms. The Labute approximate surface area is 175 Å². The molecule has 2 N–H and O–H groups in total. The second kappa shape index (κ2) is 7.59. The van der Waals surface area contributed by atoms with Gasteiger partial charge >= 0.3 is 11.8 Å². The van der Waals surface area contributed by atoms with Crippen LogP contribution in [0.4, 0.5) is 11.4 Å². The molecule has 0 radical (unpaired) electrons. The van der Waals surface area contributed by atoms with Crippen LogP contribution in [0.25, 0.3) is 0 Å². The average molecular weight is 403 g/mol. The van der Waals surface area contributed by atoms with Crippen molar-refractivity contribution in [1.82, 2.24) is 4.90 Å². The molecule has 2 bridgehead atoms. The third-order valence-electron chi connectivity index (χ3n) is 6.61. The molecule has 2 fully saturated rings. The van der Waals surface area contributed by atoms with Crippen LogP contribution in [0.2, 0.25) is 0 Å². The zero-order valence-corrected chi connectivity index (χ0v) is 16.8. The predicted molar refractivity (Wildman–Crippen MR) is 114 cm³/mol. The first-order chi connectivity index (χ1) is 14.6. The molecular weight excluding hydrogens is 378 g/mol. The van der Waals surface area contributed by atoms with Crippen LogP contribution in [0.15, 0.2) is 48.5 Å². The maximum Gasteiger partial charge on any atom is 0.313 e. The van der Waals surface area contributed by atoms with Gasteiger partial charge in [-0.05, 0) is 67.3 Å². The number of piperidine rings is 1. The molecule has 0 spiro atoms. The number of amides is 3. The standard InChI is InChI=1S/C24H25N3O3/c28-22-14-17-13-18(6-9-21(17)26-22)25-23(29)24(30)27-19-7-8-20(27)12-16(11-19)10-15-4-2-1-3-5-15/h1-6,9,13,16,19-20H,7-8,10-12,14H2,(H,25,29)(H,26,28). The quantitative estimate of drug-likeness (QED) is 0.773. The summed E-state index contributed by atoms with van der Waals surface area (Å²) in [6, 6.07) is 16.0. The average Bonchev–Trinajstić information content (AvgIpc) is 3.23. The van der Waals surface area contributed by atoms with Crippen molar-refractivity contribution in [3.63, 3.8) is 0 Å². The van der Waals surface area contributed by atoms with E-state index in [2.05, 4.69) is 34.9 Å². The minimum atomic E-state index is -0.592. The molecule has 3 aliphatic heterocycles. The van der Waals surface area contributed by atoms with Crippen LogP contribution >= 0.6 is 0 Å². The van der Waals surface area contributed by atoms with Gasteiger partial charge in [-0.2, -0.15) is 0 Å². The van der Waals surface area contributed by atoms with Crippen molar-refractivity contribution in [2.24, 2.45) is 5.92 Å². The Morgan fingerprint density at radius 2 is 1.77 bits per heavy atom. The van der Waals surface area contributed by atoms with Crippen molar-refractivity contribution in [2.75, 3.05) is 10.6 Å². The summed E-state index contributed by atoms with van der Waals surface area (Å²) in [6.45, 7) is 0. The monoisotopic (exact) mass is 403 g/mol. The van der Waals surface area contributed by atoms with Gasteiger partial charge in [-0.25, -0.2) is 0 Å². The lowest BCUT2D eigenvalue weighted by molar-refractivity contribution is -0.146. The number of fused-ring (bicyclic) bond motifs is 3. The molecule has 2 atom stereocenters. The van der Waals surface area contributed by atoms with Gasteiger partial charge in [-0.1, -0.05) is 30.3 Å². The van der Waals surface area contributed by atoms with Crippen molar-refractivity contribution >= 4 is 29.1 Å². The minimum absolute atomic E-state index is 0.0560. The van der Waals surface area contributed by atoms with E-state index >= 15 is 0 Å². The Hall–Kier alpha value is -3.15. The molecule has 3 amide bonds. The molecule has 154 valence electrons. The van der Waals surface area contributed by atoms with E-state index in [-0.39, 0.29) is 18.0 Å². The van der Waals surface area contributed by atoms with Gasteiger partial charge in [-0.3, -0.25) is 14.4 Å². The first-order valence-electron chi connectivity index (χ1n) is 10.7. The Balaban J connectivity index is 1.23. The summed E-state index contributed by atoms with van der Waals surface area (Å²) in [5.74, 6) is -0.528. The van der Waals surface area contributed by atoms with E-state index in [4.69, 9.17) is 0 Å². The van der Waals surface area contributed by atoms with Gasteiger partial charge < -0.3 is 15.5 Å². The zero-order valence-electron chi connectivity index (χ0n) is 16.8. The van der Waals surface area contributed by atoms with Crippen molar-refractivity contribution in [3.8, 4) is 0 Å². The number of nitrogens with zero attached hydrogens (tertiary/aromatic N) is 1. The SMILES string of the molecule is O=C1Cc2cc(NC(=O)C(=O)N3C4CCC3CC(Cc3ccccc3)C4)ccc2N1. The fourth-order valence-corrected chi connectivity index (χ4v) is 5.34. The van der Waals surface area contributed by atoms with Crippen molar-refractivity contribution in [2.45, 2.75) is 50.6 Å². The molecule has 3 heterocycles. The molecule has 0 aliphatic carbocycles. The highest BCUT2D eigenvalue weighted by atomic mass is 16.2. The maximum absolute atomic E-state index is 13.0. The number of rotatable bonds is 3. The van der Waals surface area contributed by atoms with E-state index in [0.29, 0.717) is 18.0 Å². The van der Waals surface area contributed by atoms with E-state index in [1.54, 1.807) is 18.2 Å². The van der Waals surface area contributed by atoms with E-state index in [0.717, 1.165) is 43.4 Å². The molecule has 6 heteroatoms. The van der Waals surface area contributed by atoms with Gasteiger partial charge in [0.15, 0.2) is 0 Å². The highest BCUT2D eigenvalue weighted by Gasteiger charge is 2.44. The van der Waals surface area contributed by atoms with Crippen LogP contribution in [0, 0.1) is 5.92 Å². The lowest BCUT2D eigenvalue weighted by Gasteiger charge is -2.38. The van der Waals surface area contributed by atoms with E-state index in [1.165, 1.54) is 5.56 Å². The molecule has 5 rings (SSSR count). The number of benzene rings is 2. The van der Waals surface area contributed by atoms with Gasteiger partial charge in [0.05, 0.1) is 6.42 Å². The fraction of sp³-hybridized carbons (Fsp3) is 0.375. The Morgan fingerprint density at radius 3 is 2.50 bits per heavy atom. The minimum Gasteiger partial charge on any atom is -0.328 e. The van der Waals surface area contributed by atoms with Crippen LogP contribution in [0.5, 0.6) is 0 Å². The lowest BCUT2D eigenvalue weighted by Crippen LogP contribution is -2.50. The molecule has 6 nitrogen and oxygen atoms in total. The van der Waals surface area contributed by atoms with Gasteiger partial charge in [0, 0.05) is 23.5 Å². The predicted octanol–water partition coefficient (Wildman–Crippen LogP) is 3.13. The number of hydrogen-bond donors (Lipinski definition) is 2. The number of anilines is 2. The highest BCUT2D eigenvalue weighted by Crippen LogP contribution is 2.40. The summed E-state index contributed by atoms with van der Waals surface area (Å²) in [6.07, 6.45) is 5.19. The lowest BCUT2D eigenvalue weighted by atomic mass is 9.85. The van der Waals surface area contributed by atoms with Gasteiger partial charge in [0.2, 0.25) is 5.91 Å². The van der Waals surface area contributed by atoms with Gasteiger partial charge in [0.1, 0.15) is 0 Å². The van der Waals surface area contributed by atoms with Crippen molar-refractivity contribution in [3.05, 3.63) is 59.7 Å². The van der Waals surface area contributed by atoms with Gasteiger partial charge in [0.25, 0.3) is 0 Å². The molecule has 2 unspecified atom stereocenters.